The molecule has 338 valence electrons. The molecule has 0 unspecified atom stereocenters. The van der Waals surface area contributed by atoms with Crippen LogP contribution in [0.4, 0.5) is 0 Å². The zero-order chi connectivity index (χ0) is 43.2. The van der Waals surface area contributed by atoms with Crippen molar-refractivity contribution in [2.45, 2.75) is 184 Å². The van der Waals surface area contributed by atoms with E-state index in [1.807, 2.05) is 0 Å². The molecular weight excluding hydrogens is 776 g/mol. The smallest absolute Gasteiger partial charge is 0.315 e. The first-order valence-electron chi connectivity index (χ1n) is 21.6. The first kappa shape index (κ1) is 44.5. The number of aliphatic hydroxyl groups is 11. The van der Waals surface area contributed by atoms with Gasteiger partial charge in [-0.05, 0) is 79.4 Å². The highest BCUT2D eigenvalue weighted by Gasteiger charge is 2.85. The van der Waals surface area contributed by atoms with E-state index in [9.17, 15) is 61.0 Å². The predicted molar refractivity (Wildman–Crippen MR) is 201 cm³/mol. The first-order valence-corrected chi connectivity index (χ1v) is 21.6. The molecule has 3 heterocycles. The molecule has 17 nitrogen and oxygen atoms in total. The Labute approximate surface area is 344 Å². The van der Waals surface area contributed by atoms with Crippen LogP contribution in [0.2, 0.25) is 0 Å². The van der Waals surface area contributed by atoms with Crippen molar-refractivity contribution in [3.63, 3.8) is 0 Å². The van der Waals surface area contributed by atoms with Crippen molar-refractivity contribution in [3.8, 4) is 0 Å². The number of carbonyl (C=O) groups excluding carboxylic acids is 1. The maximum Gasteiger partial charge on any atom is 0.315 e. The number of ether oxygens (including phenoxy) is 5. The maximum absolute atomic E-state index is 14.1. The van der Waals surface area contributed by atoms with Gasteiger partial charge in [-0.1, -0.05) is 41.5 Å². The van der Waals surface area contributed by atoms with Gasteiger partial charge in [-0.25, -0.2) is 0 Å². The van der Waals surface area contributed by atoms with Gasteiger partial charge in [0.1, 0.15) is 59.8 Å². The lowest BCUT2D eigenvalue weighted by Crippen LogP contribution is -2.78. The predicted octanol–water partition coefficient (Wildman–Crippen LogP) is -1.56. The molecule has 5 aliphatic carbocycles. The Balaban J connectivity index is 1.09. The molecule has 8 aliphatic rings. The highest BCUT2D eigenvalue weighted by atomic mass is 16.7. The Bertz CT molecular complexity index is 1620. The minimum atomic E-state index is -1.86. The third-order valence-electron chi connectivity index (χ3n) is 18.4. The Morgan fingerprint density at radius 2 is 1.29 bits per heavy atom. The van der Waals surface area contributed by atoms with Gasteiger partial charge in [0.25, 0.3) is 0 Å². The van der Waals surface area contributed by atoms with Gasteiger partial charge in [-0.2, -0.15) is 0 Å². The molecule has 0 amide bonds. The van der Waals surface area contributed by atoms with Crippen LogP contribution in [0.25, 0.3) is 0 Å². The SMILES string of the molecule is CC1(C)CC[C@@]23C(=O)O[C@]4([C@@H]2C1)[C@@H](O)C[C@@H]1[C@@]2(C)C[C@H](O)[C@H](O[C@@H]5O[C@H](CO)[C@@H](O)[C@H](O[C@@H]6O[C@H](CO)[C@@H](O)[C@H](O)[C@H]6O)[C@H]5O)[C@@](C)(CO)[C@@H]2CC[C@@]1(C)[C@]4(C)C[C@H]3O. The van der Waals surface area contributed by atoms with Crippen LogP contribution in [0, 0.1) is 50.2 Å². The van der Waals surface area contributed by atoms with E-state index in [0.717, 1.165) is 6.42 Å². The third kappa shape index (κ3) is 5.73. The van der Waals surface area contributed by atoms with Crippen LogP contribution in [0.15, 0.2) is 0 Å². The summed E-state index contributed by atoms with van der Waals surface area (Å²) in [5, 5.41) is 122. The van der Waals surface area contributed by atoms with Crippen molar-refractivity contribution in [2.75, 3.05) is 19.8 Å². The second-order valence-corrected chi connectivity index (χ2v) is 21.5. The summed E-state index contributed by atoms with van der Waals surface area (Å²) in [5.74, 6) is -1.39. The maximum atomic E-state index is 14.1. The number of hydrogen-bond donors (Lipinski definition) is 11. The number of rotatable bonds is 7. The van der Waals surface area contributed by atoms with Gasteiger partial charge in [0.15, 0.2) is 12.6 Å². The second-order valence-electron chi connectivity index (χ2n) is 21.5. The Morgan fingerprint density at radius 1 is 0.661 bits per heavy atom. The Hall–Kier alpha value is -1.13. The van der Waals surface area contributed by atoms with E-state index in [1.165, 1.54) is 0 Å². The molecule has 1 spiro atoms. The molecule has 3 aliphatic heterocycles. The summed E-state index contributed by atoms with van der Waals surface area (Å²) < 4.78 is 30.1. The van der Waals surface area contributed by atoms with E-state index in [1.54, 1.807) is 6.92 Å². The zero-order valence-electron chi connectivity index (χ0n) is 35.0. The number of aliphatic hydroxyl groups excluding tert-OH is 11. The summed E-state index contributed by atoms with van der Waals surface area (Å²) in [5.41, 5.74) is -5.78. The van der Waals surface area contributed by atoms with Crippen molar-refractivity contribution < 1.29 is 84.7 Å². The van der Waals surface area contributed by atoms with Crippen LogP contribution in [-0.2, 0) is 28.5 Å². The summed E-state index contributed by atoms with van der Waals surface area (Å²) in [4.78, 5) is 14.1. The molecule has 3 saturated heterocycles. The van der Waals surface area contributed by atoms with E-state index in [-0.39, 0.29) is 42.4 Å². The van der Waals surface area contributed by atoms with E-state index < -0.39 is 144 Å². The zero-order valence-corrected chi connectivity index (χ0v) is 35.0. The molecule has 8 fully saturated rings. The molecule has 0 aromatic rings. The summed E-state index contributed by atoms with van der Waals surface area (Å²) in [6, 6.07) is 0. The van der Waals surface area contributed by atoms with E-state index >= 15 is 0 Å². The molecule has 0 aromatic carbocycles. The van der Waals surface area contributed by atoms with Gasteiger partial charge in [0.2, 0.25) is 0 Å². The monoisotopic (exact) mass is 844 g/mol. The number of hydrogen-bond acceptors (Lipinski definition) is 17. The van der Waals surface area contributed by atoms with Crippen LogP contribution in [-0.4, -0.2) is 173 Å². The van der Waals surface area contributed by atoms with Crippen LogP contribution in [0.1, 0.15) is 92.9 Å². The minimum Gasteiger partial charge on any atom is -0.455 e. The molecule has 5 saturated carbocycles. The summed E-state index contributed by atoms with van der Waals surface area (Å²) in [6.45, 7) is 10.5. The van der Waals surface area contributed by atoms with Crippen molar-refractivity contribution in [1.82, 2.24) is 0 Å². The fraction of sp³-hybridized carbons (Fsp3) is 0.976. The van der Waals surface area contributed by atoms with Gasteiger partial charge in [-0.15, -0.1) is 0 Å². The quantitative estimate of drug-likeness (QED) is 0.102. The third-order valence-corrected chi connectivity index (χ3v) is 18.4. The van der Waals surface area contributed by atoms with Gasteiger partial charge < -0.3 is 79.9 Å². The highest BCUT2D eigenvalue weighted by molar-refractivity contribution is 5.83. The van der Waals surface area contributed by atoms with Crippen molar-refractivity contribution in [1.29, 1.82) is 0 Å². The Morgan fingerprint density at radius 3 is 1.92 bits per heavy atom. The van der Waals surface area contributed by atoms with Crippen molar-refractivity contribution >= 4 is 5.97 Å². The van der Waals surface area contributed by atoms with Crippen molar-refractivity contribution in [2.24, 2.45) is 50.2 Å². The topological polar surface area (TPSA) is 286 Å². The fourth-order valence-corrected chi connectivity index (χ4v) is 15.1. The molecule has 23 atom stereocenters. The normalized spacial score (nSPS) is 59.1. The lowest BCUT2D eigenvalue weighted by atomic mass is 9.30. The largest absolute Gasteiger partial charge is 0.455 e. The first-order chi connectivity index (χ1) is 27.5. The van der Waals surface area contributed by atoms with E-state index in [0.29, 0.717) is 25.7 Å². The number of esters is 1. The number of fused-ring (bicyclic) bond motifs is 4. The summed E-state index contributed by atoms with van der Waals surface area (Å²) >= 11 is 0. The van der Waals surface area contributed by atoms with Gasteiger partial charge in [0.05, 0.1) is 44.2 Å². The van der Waals surface area contributed by atoms with Gasteiger partial charge in [-0.3, -0.25) is 4.79 Å². The lowest BCUT2D eigenvalue weighted by Gasteiger charge is -2.75. The molecular formula is C42H68O17. The van der Waals surface area contributed by atoms with Gasteiger partial charge in [0, 0.05) is 16.7 Å². The van der Waals surface area contributed by atoms with Crippen LogP contribution in [0.3, 0.4) is 0 Å². The van der Waals surface area contributed by atoms with E-state index in [4.69, 9.17) is 23.7 Å². The average molecular weight is 845 g/mol. The molecule has 8 rings (SSSR count). The minimum absolute atomic E-state index is 0.128. The summed E-state index contributed by atoms with van der Waals surface area (Å²) in [6.07, 6.45) is -17.5. The molecule has 0 radical (unpaired) electrons. The number of carbonyl (C=O) groups is 1. The van der Waals surface area contributed by atoms with Crippen LogP contribution in [0.5, 0.6) is 0 Å². The standard InChI is InChI=1S/C42H68O17/c1-36(2)9-10-41-23(13-36)42(59-35(41)54)24(47)11-22-37(3)12-18(46)32(38(4,17-45)21(37)7-8-39(22,5)40(42,6)14-25(41)48)58-34-30(53)31(27(50)20(16-44)56-34)57-33-29(52)28(51)26(49)19(15-43)55-33/h18-34,43-53H,7-17H2,1-6H3/t18-,19+,20+,21+,22+,23+,24-,25+,26+,27+,28-,29+,30+,31-,32-,33-,34-,37-,38-,39+,40-,41+,42+/m0/s1. The van der Waals surface area contributed by atoms with Gasteiger partial charge >= 0.3 is 5.97 Å². The average Bonchev–Trinajstić information content (AvgIpc) is 3.40. The van der Waals surface area contributed by atoms with Crippen LogP contribution >= 0.6 is 0 Å². The van der Waals surface area contributed by atoms with E-state index in [2.05, 4.69) is 34.6 Å². The molecule has 17 heteroatoms. The second kappa shape index (κ2) is 14.4. The summed E-state index contributed by atoms with van der Waals surface area (Å²) in [7, 11) is 0. The fourth-order valence-electron chi connectivity index (χ4n) is 15.1. The molecule has 59 heavy (non-hydrogen) atoms. The molecule has 2 bridgehead atoms. The van der Waals surface area contributed by atoms with Crippen LogP contribution < -0.4 is 0 Å². The lowest BCUT2D eigenvalue weighted by molar-refractivity contribution is -0.378. The Kier molecular flexibility index (Phi) is 10.9. The van der Waals surface area contributed by atoms with Crippen molar-refractivity contribution in [3.05, 3.63) is 0 Å². The molecule has 0 aromatic heterocycles. The molecule has 11 N–H and O–H groups in total. The highest BCUT2D eigenvalue weighted by Crippen LogP contribution is 2.80.